The first-order valence-electron chi connectivity index (χ1n) is 8.12. The first kappa shape index (κ1) is 17.7. The van der Waals surface area contributed by atoms with E-state index in [1.807, 2.05) is 19.9 Å². The molecule has 0 bridgehead atoms. The van der Waals surface area contributed by atoms with Gasteiger partial charge in [0.25, 0.3) is 0 Å². The summed E-state index contributed by atoms with van der Waals surface area (Å²) in [6, 6.07) is 0. The maximum Gasteiger partial charge on any atom is 0.312 e. The quantitative estimate of drug-likeness (QED) is 0.590. The topological polar surface area (TPSA) is 61.8 Å². The molecule has 0 aromatic rings. The van der Waals surface area contributed by atoms with Crippen LogP contribution in [0.4, 0.5) is 0 Å². The van der Waals surface area contributed by atoms with E-state index < -0.39 is 5.92 Å². The molecule has 4 atom stereocenters. The maximum atomic E-state index is 12.3. The van der Waals surface area contributed by atoms with Crippen LogP contribution in [0, 0.1) is 11.8 Å². The third-order valence-electron chi connectivity index (χ3n) is 4.50. The fourth-order valence-electron chi connectivity index (χ4n) is 3.44. The van der Waals surface area contributed by atoms with Crippen LogP contribution in [0.15, 0.2) is 23.3 Å². The number of hydrogen-bond donors (Lipinski definition) is 0. The van der Waals surface area contributed by atoms with Gasteiger partial charge in [0.1, 0.15) is 12.2 Å². The van der Waals surface area contributed by atoms with Gasteiger partial charge in [-0.3, -0.25) is 9.59 Å². The first-order chi connectivity index (χ1) is 10.9. The molecule has 0 saturated carbocycles. The summed E-state index contributed by atoms with van der Waals surface area (Å²) in [7, 11) is 1.56. The van der Waals surface area contributed by atoms with Crippen LogP contribution in [0.5, 0.6) is 0 Å². The molecule has 2 rings (SSSR count). The summed E-state index contributed by atoms with van der Waals surface area (Å²) in [6.07, 6.45) is 5.92. The van der Waals surface area contributed by atoms with E-state index in [-0.39, 0.29) is 36.7 Å². The van der Waals surface area contributed by atoms with Crippen LogP contribution < -0.4 is 0 Å². The normalized spacial score (nSPS) is 36.1. The van der Waals surface area contributed by atoms with Crippen LogP contribution in [0.1, 0.15) is 40.0 Å². The Balaban J connectivity index is 2.39. The Hall–Kier alpha value is -1.62. The van der Waals surface area contributed by atoms with E-state index in [0.29, 0.717) is 6.42 Å². The molecule has 1 fully saturated rings. The molecule has 1 saturated heterocycles. The van der Waals surface area contributed by atoms with Crippen LogP contribution in [-0.4, -0.2) is 37.9 Å². The highest BCUT2D eigenvalue weighted by atomic mass is 16.6. The molecule has 0 aromatic carbocycles. The summed E-state index contributed by atoms with van der Waals surface area (Å²) in [5.74, 6) is -1.24. The Morgan fingerprint density at radius 3 is 2.74 bits per heavy atom. The molecule has 2 aliphatic rings. The molecule has 128 valence electrons. The van der Waals surface area contributed by atoms with Gasteiger partial charge in [-0.2, -0.15) is 0 Å². The molecular formula is C18H26O5. The van der Waals surface area contributed by atoms with Crippen molar-refractivity contribution in [3.63, 3.8) is 0 Å². The van der Waals surface area contributed by atoms with Gasteiger partial charge in [0, 0.05) is 20.5 Å². The van der Waals surface area contributed by atoms with Crippen molar-refractivity contribution < 1.29 is 23.8 Å². The van der Waals surface area contributed by atoms with Gasteiger partial charge in [-0.25, -0.2) is 0 Å². The van der Waals surface area contributed by atoms with Gasteiger partial charge in [0.2, 0.25) is 0 Å². The summed E-state index contributed by atoms with van der Waals surface area (Å²) < 4.78 is 16.3. The minimum absolute atomic E-state index is 0.220. The van der Waals surface area contributed by atoms with Crippen molar-refractivity contribution in [3.8, 4) is 0 Å². The monoisotopic (exact) mass is 322 g/mol. The lowest BCUT2D eigenvalue weighted by Crippen LogP contribution is -2.37. The second kappa shape index (κ2) is 7.77. The van der Waals surface area contributed by atoms with Crippen molar-refractivity contribution in [2.24, 2.45) is 11.8 Å². The lowest BCUT2D eigenvalue weighted by molar-refractivity contribution is -0.151. The molecule has 0 amide bonds. The predicted molar refractivity (Wildman–Crippen MR) is 85.7 cm³/mol. The zero-order valence-corrected chi connectivity index (χ0v) is 14.3. The zero-order valence-electron chi connectivity index (χ0n) is 14.3. The fourth-order valence-corrected chi connectivity index (χ4v) is 3.44. The molecule has 1 aliphatic carbocycles. The molecule has 1 heterocycles. The maximum absolute atomic E-state index is 12.3. The number of ether oxygens (including phenoxy) is 3. The number of fused-ring (bicyclic) bond motifs is 1. The summed E-state index contributed by atoms with van der Waals surface area (Å²) in [4.78, 5) is 23.8. The van der Waals surface area contributed by atoms with Gasteiger partial charge >= 0.3 is 11.9 Å². The number of carbonyl (C=O) groups excluding carboxylic acids is 2. The number of carbonyl (C=O) groups is 2. The molecular weight excluding hydrogens is 296 g/mol. The van der Waals surface area contributed by atoms with Crippen molar-refractivity contribution >= 4 is 11.9 Å². The van der Waals surface area contributed by atoms with E-state index in [1.165, 1.54) is 18.1 Å². The Morgan fingerprint density at radius 1 is 1.35 bits per heavy atom. The average molecular weight is 322 g/mol. The number of hydrogen-bond acceptors (Lipinski definition) is 5. The van der Waals surface area contributed by atoms with E-state index in [9.17, 15) is 9.59 Å². The highest BCUT2D eigenvalue weighted by Crippen LogP contribution is 2.37. The zero-order chi connectivity index (χ0) is 17.0. The van der Waals surface area contributed by atoms with Gasteiger partial charge in [-0.15, -0.1) is 0 Å². The van der Waals surface area contributed by atoms with Crippen LogP contribution in [-0.2, 0) is 23.8 Å². The Bertz CT molecular complexity index is 520. The molecule has 5 heteroatoms. The van der Waals surface area contributed by atoms with Gasteiger partial charge in [-0.05, 0) is 32.8 Å². The van der Waals surface area contributed by atoms with E-state index in [4.69, 9.17) is 14.2 Å². The van der Waals surface area contributed by atoms with E-state index in [0.717, 1.165) is 12.8 Å². The Morgan fingerprint density at radius 2 is 2.09 bits per heavy atom. The molecule has 0 aromatic heterocycles. The Labute approximate surface area is 137 Å². The van der Waals surface area contributed by atoms with Gasteiger partial charge in [-0.1, -0.05) is 17.2 Å². The lowest BCUT2D eigenvalue weighted by atomic mass is 9.81. The van der Waals surface area contributed by atoms with Crippen molar-refractivity contribution in [1.29, 1.82) is 0 Å². The van der Waals surface area contributed by atoms with Crippen molar-refractivity contribution in [2.45, 2.75) is 52.2 Å². The molecule has 1 aliphatic heterocycles. The molecule has 23 heavy (non-hydrogen) atoms. The molecule has 4 unspecified atom stereocenters. The number of rotatable bonds is 3. The molecule has 0 radical (unpaired) electrons. The van der Waals surface area contributed by atoms with E-state index >= 15 is 0 Å². The van der Waals surface area contributed by atoms with Gasteiger partial charge in [0.05, 0.1) is 18.4 Å². The number of esters is 2. The summed E-state index contributed by atoms with van der Waals surface area (Å²) in [6.45, 7) is 5.75. The predicted octanol–water partition coefficient (Wildman–Crippen LogP) is 2.80. The fraction of sp³-hybridized carbons (Fsp3) is 0.667. The van der Waals surface area contributed by atoms with Gasteiger partial charge < -0.3 is 14.2 Å². The van der Waals surface area contributed by atoms with E-state index in [1.54, 1.807) is 7.11 Å². The standard InChI is InChI=1S/C18H26O5/c1-11-6-5-7-12(2)9-16-17(15(8-11)22-13(3)19)14(10-21-4)18(20)23-16/h6,9,14-17H,5,7-8,10H2,1-4H3/b11-6+,12-9+. The minimum Gasteiger partial charge on any atom is -0.462 e. The SMILES string of the molecule is COCC1C(=O)OC2/C=C(\C)CC/C=C(\C)CC(OC(C)=O)C21. The van der Waals surface area contributed by atoms with E-state index in [2.05, 4.69) is 6.08 Å². The van der Waals surface area contributed by atoms with Crippen LogP contribution in [0.2, 0.25) is 0 Å². The first-order valence-corrected chi connectivity index (χ1v) is 8.12. The van der Waals surface area contributed by atoms with Crippen LogP contribution in [0.25, 0.3) is 0 Å². The van der Waals surface area contributed by atoms with Crippen LogP contribution >= 0.6 is 0 Å². The highest BCUT2D eigenvalue weighted by molar-refractivity contribution is 5.76. The second-order valence-electron chi connectivity index (χ2n) is 6.49. The molecule has 5 nitrogen and oxygen atoms in total. The number of allylic oxidation sites excluding steroid dienone is 2. The van der Waals surface area contributed by atoms with Gasteiger partial charge in [0.15, 0.2) is 0 Å². The average Bonchev–Trinajstić information content (AvgIpc) is 2.73. The van der Waals surface area contributed by atoms with Crippen molar-refractivity contribution in [1.82, 2.24) is 0 Å². The van der Waals surface area contributed by atoms with Crippen LogP contribution in [0.3, 0.4) is 0 Å². The smallest absolute Gasteiger partial charge is 0.312 e. The van der Waals surface area contributed by atoms with Crippen molar-refractivity contribution in [3.05, 3.63) is 23.3 Å². The number of methoxy groups -OCH3 is 1. The second-order valence-corrected chi connectivity index (χ2v) is 6.49. The highest BCUT2D eigenvalue weighted by Gasteiger charge is 2.49. The van der Waals surface area contributed by atoms with Crippen molar-refractivity contribution in [2.75, 3.05) is 13.7 Å². The minimum atomic E-state index is -0.411. The largest absolute Gasteiger partial charge is 0.462 e. The third-order valence-corrected chi connectivity index (χ3v) is 4.50. The lowest BCUT2D eigenvalue weighted by Gasteiger charge is -2.29. The molecule has 0 N–H and O–H groups in total. The molecule has 0 spiro atoms. The summed E-state index contributed by atoms with van der Waals surface area (Å²) >= 11 is 0. The summed E-state index contributed by atoms with van der Waals surface area (Å²) in [5.41, 5.74) is 2.35. The Kier molecular flexibility index (Phi) is 5.99. The summed E-state index contributed by atoms with van der Waals surface area (Å²) in [5, 5.41) is 0. The third kappa shape index (κ3) is 4.44.